The van der Waals surface area contributed by atoms with Crippen LogP contribution in [-0.4, -0.2) is 12.6 Å². The predicted molar refractivity (Wildman–Crippen MR) is 75.9 cm³/mol. The summed E-state index contributed by atoms with van der Waals surface area (Å²) in [6.45, 7) is 3.00. The summed E-state index contributed by atoms with van der Waals surface area (Å²) >= 11 is 0. The van der Waals surface area contributed by atoms with Gasteiger partial charge < -0.3 is 10.5 Å². The summed E-state index contributed by atoms with van der Waals surface area (Å²) in [4.78, 5) is 0. The fraction of sp³-hybridized carbons (Fsp3) is 0.625. The van der Waals surface area contributed by atoms with E-state index in [0.717, 1.165) is 18.1 Å². The molecule has 2 nitrogen and oxygen atoms in total. The molecule has 1 aliphatic rings. The minimum absolute atomic E-state index is 0.420. The maximum absolute atomic E-state index is 6.09. The summed E-state index contributed by atoms with van der Waals surface area (Å²) in [5.41, 5.74) is 6.84. The highest BCUT2D eigenvalue weighted by molar-refractivity contribution is 5.27. The van der Waals surface area contributed by atoms with Crippen LogP contribution < -0.4 is 10.5 Å². The first-order valence-corrected chi connectivity index (χ1v) is 7.27. The molecule has 0 spiro atoms. The molecule has 1 aromatic carbocycles. The standard InChI is InChI=1S/C16H25NO/c1-2-13-4-3-5-16(12-13)18-15-8-6-14(7-9-15)10-11-17/h6-9,13,16H,2-5,10-12,17H2,1H3. The van der Waals surface area contributed by atoms with Crippen molar-refractivity contribution in [3.8, 4) is 5.75 Å². The van der Waals surface area contributed by atoms with Gasteiger partial charge in [0.1, 0.15) is 5.75 Å². The van der Waals surface area contributed by atoms with Gasteiger partial charge in [-0.25, -0.2) is 0 Å². The van der Waals surface area contributed by atoms with Gasteiger partial charge in [0.25, 0.3) is 0 Å². The molecule has 2 unspecified atom stereocenters. The van der Waals surface area contributed by atoms with Crippen LogP contribution in [0.2, 0.25) is 0 Å². The molecule has 1 fully saturated rings. The molecule has 18 heavy (non-hydrogen) atoms. The van der Waals surface area contributed by atoms with E-state index in [1.54, 1.807) is 0 Å². The highest BCUT2D eigenvalue weighted by atomic mass is 16.5. The molecule has 2 rings (SSSR count). The molecule has 2 atom stereocenters. The SMILES string of the molecule is CCC1CCCC(Oc2ccc(CCN)cc2)C1. The quantitative estimate of drug-likeness (QED) is 0.863. The zero-order valence-electron chi connectivity index (χ0n) is 11.4. The summed E-state index contributed by atoms with van der Waals surface area (Å²) in [7, 11) is 0. The molecule has 0 bridgehead atoms. The lowest BCUT2D eigenvalue weighted by Gasteiger charge is -2.29. The summed E-state index contributed by atoms with van der Waals surface area (Å²) < 4.78 is 6.09. The lowest BCUT2D eigenvalue weighted by atomic mass is 9.85. The van der Waals surface area contributed by atoms with Gasteiger partial charge in [-0.2, -0.15) is 0 Å². The smallest absolute Gasteiger partial charge is 0.119 e. The number of hydrogen-bond donors (Lipinski definition) is 1. The average molecular weight is 247 g/mol. The summed E-state index contributed by atoms with van der Waals surface area (Å²) in [6, 6.07) is 8.42. The molecule has 0 heterocycles. The van der Waals surface area contributed by atoms with E-state index in [1.165, 1.54) is 37.7 Å². The van der Waals surface area contributed by atoms with Crippen molar-refractivity contribution < 1.29 is 4.74 Å². The Hall–Kier alpha value is -1.02. The first-order valence-electron chi connectivity index (χ1n) is 7.27. The number of nitrogens with two attached hydrogens (primary N) is 1. The molecule has 0 radical (unpaired) electrons. The van der Waals surface area contributed by atoms with Gasteiger partial charge in [0.2, 0.25) is 0 Å². The largest absolute Gasteiger partial charge is 0.490 e. The molecule has 0 saturated heterocycles. The Labute approximate surface area is 111 Å². The third-order valence-electron chi connectivity index (χ3n) is 3.97. The highest BCUT2D eigenvalue weighted by Gasteiger charge is 2.21. The van der Waals surface area contributed by atoms with Crippen LogP contribution >= 0.6 is 0 Å². The second kappa shape index (κ2) is 6.79. The van der Waals surface area contributed by atoms with Crippen molar-refractivity contribution in [2.75, 3.05) is 6.54 Å². The Bertz CT molecular complexity index is 347. The third kappa shape index (κ3) is 3.74. The molecular weight excluding hydrogens is 222 g/mol. The van der Waals surface area contributed by atoms with Crippen LogP contribution in [-0.2, 0) is 6.42 Å². The number of benzene rings is 1. The van der Waals surface area contributed by atoms with E-state index in [4.69, 9.17) is 10.5 Å². The fourth-order valence-electron chi connectivity index (χ4n) is 2.81. The second-order valence-electron chi connectivity index (χ2n) is 5.36. The van der Waals surface area contributed by atoms with Crippen LogP contribution in [0.1, 0.15) is 44.6 Å². The molecule has 100 valence electrons. The Kier molecular flexibility index (Phi) is 5.06. The van der Waals surface area contributed by atoms with E-state index in [9.17, 15) is 0 Å². The first kappa shape index (κ1) is 13.4. The van der Waals surface area contributed by atoms with Gasteiger partial charge in [0, 0.05) is 0 Å². The Morgan fingerprint density at radius 3 is 2.67 bits per heavy atom. The minimum atomic E-state index is 0.420. The number of rotatable bonds is 5. The van der Waals surface area contributed by atoms with Crippen LogP contribution in [0.3, 0.4) is 0 Å². The monoisotopic (exact) mass is 247 g/mol. The normalized spacial score (nSPS) is 23.9. The molecule has 0 aliphatic heterocycles. The van der Waals surface area contributed by atoms with E-state index in [-0.39, 0.29) is 0 Å². The molecule has 2 heteroatoms. The van der Waals surface area contributed by atoms with Crippen LogP contribution in [0.5, 0.6) is 5.75 Å². The van der Waals surface area contributed by atoms with Gasteiger partial charge in [0.15, 0.2) is 0 Å². The van der Waals surface area contributed by atoms with Crippen molar-refractivity contribution in [1.29, 1.82) is 0 Å². The molecule has 2 N–H and O–H groups in total. The van der Waals surface area contributed by atoms with E-state index in [0.29, 0.717) is 12.6 Å². The van der Waals surface area contributed by atoms with Gasteiger partial charge >= 0.3 is 0 Å². The van der Waals surface area contributed by atoms with Gasteiger partial charge in [0.05, 0.1) is 6.10 Å². The van der Waals surface area contributed by atoms with E-state index >= 15 is 0 Å². The van der Waals surface area contributed by atoms with Crippen molar-refractivity contribution in [2.45, 2.75) is 51.6 Å². The van der Waals surface area contributed by atoms with Crippen LogP contribution in [0.25, 0.3) is 0 Å². The van der Waals surface area contributed by atoms with Crippen molar-refractivity contribution in [3.05, 3.63) is 29.8 Å². The molecular formula is C16H25NO. The van der Waals surface area contributed by atoms with Crippen molar-refractivity contribution in [1.82, 2.24) is 0 Å². The number of hydrogen-bond acceptors (Lipinski definition) is 2. The highest BCUT2D eigenvalue weighted by Crippen LogP contribution is 2.29. The van der Waals surface area contributed by atoms with Gasteiger partial charge in [-0.1, -0.05) is 31.9 Å². The van der Waals surface area contributed by atoms with E-state index < -0.39 is 0 Å². The van der Waals surface area contributed by atoms with Crippen LogP contribution in [0, 0.1) is 5.92 Å². The Balaban J connectivity index is 1.88. The van der Waals surface area contributed by atoms with E-state index in [2.05, 4.69) is 31.2 Å². The topological polar surface area (TPSA) is 35.2 Å². The van der Waals surface area contributed by atoms with Gasteiger partial charge in [-0.05, 0) is 55.8 Å². The zero-order valence-corrected chi connectivity index (χ0v) is 11.4. The predicted octanol–water partition coefficient (Wildman–Crippen LogP) is 3.54. The molecule has 1 aromatic rings. The summed E-state index contributed by atoms with van der Waals surface area (Å²) in [5, 5.41) is 0. The summed E-state index contributed by atoms with van der Waals surface area (Å²) in [6.07, 6.45) is 7.78. The Morgan fingerprint density at radius 1 is 1.22 bits per heavy atom. The number of ether oxygens (including phenoxy) is 1. The van der Waals surface area contributed by atoms with Crippen molar-refractivity contribution in [3.63, 3.8) is 0 Å². The van der Waals surface area contributed by atoms with Crippen LogP contribution in [0.15, 0.2) is 24.3 Å². The summed E-state index contributed by atoms with van der Waals surface area (Å²) in [5.74, 6) is 1.87. The lowest BCUT2D eigenvalue weighted by molar-refractivity contribution is 0.122. The lowest BCUT2D eigenvalue weighted by Crippen LogP contribution is -2.25. The van der Waals surface area contributed by atoms with Gasteiger partial charge in [-0.3, -0.25) is 0 Å². The second-order valence-corrected chi connectivity index (χ2v) is 5.36. The molecule has 0 amide bonds. The van der Waals surface area contributed by atoms with E-state index in [1.807, 2.05) is 0 Å². The van der Waals surface area contributed by atoms with Gasteiger partial charge in [-0.15, -0.1) is 0 Å². The van der Waals surface area contributed by atoms with Crippen molar-refractivity contribution in [2.24, 2.45) is 11.7 Å². The molecule has 1 aliphatic carbocycles. The third-order valence-corrected chi connectivity index (χ3v) is 3.97. The molecule has 1 saturated carbocycles. The van der Waals surface area contributed by atoms with Crippen LogP contribution in [0.4, 0.5) is 0 Å². The minimum Gasteiger partial charge on any atom is -0.490 e. The Morgan fingerprint density at radius 2 is 2.00 bits per heavy atom. The molecule has 0 aromatic heterocycles. The fourth-order valence-corrected chi connectivity index (χ4v) is 2.81. The zero-order chi connectivity index (χ0) is 12.8. The maximum atomic E-state index is 6.09. The first-order chi connectivity index (χ1) is 8.81. The average Bonchev–Trinajstić information content (AvgIpc) is 2.42. The maximum Gasteiger partial charge on any atom is 0.119 e. The van der Waals surface area contributed by atoms with Crippen molar-refractivity contribution >= 4 is 0 Å².